The van der Waals surface area contributed by atoms with Gasteiger partial charge in [-0.15, -0.1) is 0 Å². The highest BCUT2D eigenvalue weighted by Gasteiger charge is 2.26. The number of carbonyl (C=O) groups excluding carboxylic acids is 2. The first-order valence-corrected chi connectivity index (χ1v) is 9.66. The van der Waals surface area contributed by atoms with Gasteiger partial charge in [0.2, 0.25) is 0 Å². The lowest BCUT2D eigenvalue weighted by Crippen LogP contribution is -2.51. The number of rotatable bonds is 4. The van der Waals surface area contributed by atoms with Gasteiger partial charge >= 0.3 is 6.03 Å². The second-order valence-electron chi connectivity index (χ2n) is 6.73. The van der Waals surface area contributed by atoms with Crippen molar-refractivity contribution in [1.82, 2.24) is 19.4 Å². The zero-order valence-electron chi connectivity index (χ0n) is 16.2. The van der Waals surface area contributed by atoms with E-state index < -0.39 is 0 Å². The van der Waals surface area contributed by atoms with Crippen molar-refractivity contribution in [3.05, 3.63) is 60.4 Å². The van der Waals surface area contributed by atoms with Crippen LogP contribution in [0.2, 0.25) is 0 Å². The van der Waals surface area contributed by atoms with Crippen LogP contribution in [-0.4, -0.2) is 64.1 Å². The van der Waals surface area contributed by atoms with Crippen LogP contribution in [0.1, 0.15) is 17.3 Å². The van der Waals surface area contributed by atoms with Crippen LogP contribution in [0.3, 0.4) is 0 Å². The lowest BCUT2D eigenvalue weighted by atomic mass is 10.2. The molecule has 3 aromatic rings. The van der Waals surface area contributed by atoms with Crippen molar-refractivity contribution in [3.63, 3.8) is 0 Å². The lowest BCUT2D eigenvalue weighted by Gasteiger charge is -2.34. The van der Waals surface area contributed by atoms with E-state index in [-0.39, 0.29) is 11.9 Å². The molecule has 29 heavy (non-hydrogen) atoms. The molecule has 4 rings (SSSR count). The fraction of sp³-hybridized carbons (Fsp3) is 0.286. The number of urea groups is 1. The smallest absolute Gasteiger partial charge is 0.322 e. The third kappa shape index (κ3) is 3.87. The minimum absolute atomic E-state index is 0.0621. The Hall–Kier alpha value is -3.55. The number of nitrogens with one attached hydrogen (secondary N) is 1. The summed E-state index contributed by atoms with van der Waals surface area (Å²) >= 11 is 0. The second kappa shape index (κ2) is 8.22. The normalized spacial score (nSPS) is 14.1. The zero-order chi connectivity index (χ0) is 20.2. The molecular weight excluding hydrogens is 370 g/mol. The third-order valence-corrected chi connectivity index (χ3v) is 4.94. The van der Waals surface area contributed by atoms with Gasteiger partial charge in [0.15, 0.2) is 0 Å². The molecule has 1 fully saturated rings. The molecular formula is C21H23N5O3. The first-order valence-electron chi connectivity index (χ1n) is 9.66. The molecule has 1 aromatic carbocycles. The van der Waals surface area contributed by atoms with Gasteiger partial charge in [-0.25, -0.2) is 9.31 Å². The van der Waals surface area contributed by atoms with E-state index in [1.165, 1.54) is 0 Å². The fourth-order valence-electron chi connectivity index (χ4n) is 3.43. The summed E-state index contributed by atoms with van der Waals surface area (Å²) in [6, 6.07) is 12.8. The zero-order valence-corrected chi connectivity index (χ0v) is 16.2. The number of aromatic nitrogens is 2. The van der Waals surface area contributed by atoms with Gasteiger partial charge in [0.25, 0.3) is 5.91 Å². The molecule has 1 aliphatic heterocycles. The van der Waals surface area contributed by atoms with E-state index in [1.807, 2.05) is 55.6 Å². The first kappa shape index (κ1) is 18.8. The van der Waals surface area contributed by atoms with Crippen LogP contribution >= 0.6 is 0 Å². The highest BCUT2D eigenvalue weighted by Crippen LogP contribution is 2.24. The summed E-state index contributed by atoms with van der Waals surface area (Å²) in [6.07, 6.45) is 3.41. The van der Waals surface area contributed by atoms with Gasteiger partial charge in [0, 0.05) is 32.4 Å². The standard InChI is InChI=1S/C21H23N5O3/c1-2-29-19-9-4-3-7-17(19)23-21(28)25-13-11-24(12-14-25)20(27)16-15-22-26-10-6-5-8-18(16)26/h3-10,15H,2,11-14H2,1H3,(H,23,28). The van der Waals surface area contributed by atoms with Gasteiger partial charge in [-0.3, -0.25) is 4.79 Å². The number of para-hydroxylation sites is 2. The van der Waals surface area contributed by atoms with E-state index in [9.17, 15) is 9.59 Å². The van der Waals surface area contributed by atoms with Gasteiger partial charge in [0.1, 0.15) is 5.75 Å². The molecule has 150 valence electrons. The number of fused-ring (bicyclic) bond motifs is 1. The number of pyridine rings is 1. The Morgan fingerprint density at radius 3 is 2.55 bits per heavy atom. The van der Waals surface area contributed by atoms with Crippen molar-refractivity contribution in [1.29, 1.82) is 0 Å². The summed E-state index contributed by atoms with van der Waals surface area (Å²) in [5, 5.41) is 7.14. The van der Waals surface area contributed by atoms with E-state index >= 15 is 0 Å². The van der Waals surface area contributed by atoms with Crippen molar-refractivity contribution in [2.45, 2.75) is 6.92 Å². The lowest BCUT2D eigenvalue weighted by molar-refractivity contribution is 0.0673. The Bertz CT molecular complexity index is 1020. The van der Waals surface area contributed by atoms with Crippen molar-refractivity contribution >= 4 is 23.1 Å². The molecule has 3 heterocycles. The van der Waals surface area contributed by atoms with Gasteiger partial charge in [-0.05, 0) is 31.2 Å². The molecule has 8 heteroatoms. The Kier molecular flexibility index (Phi) is 5.33. The molecule has 1 N–H and O–H groups in total. The molecule has 1 saturated heterocycles. The molecule has 8 nitrogen and oxygen atoms in total. The Morgan fingerprint density at radius 1 is 1.03 bits per heavy atom. The number of carbonyl (C=O) groups is 2. The predicted molar refractivity (Wildman–Crippen MR) is 109 cm³/mol. The van der Waals surface area contributed by atoms with E-state index in [0.717, 1.165) is 5.52 Å². The molecule has 0 unspecified atom stereocenters. The highest BCUT2D eigenvalue weighted by atomic mass is 16.5. The van der Waals surface area contributed by atoms with Crippen molar-refractivity contribution < 1.29 is 14.3 Å². The van der Waals surface area contributed by atoms with E-state index in [0.29, 0.717) is 49.8 Å². The summed E-state index contributed by atoms with van der Waals surface area (Å²) in [7, 11) is 0. The van der Waals surface area contributed by atoms with Crippen LogP contribution in [-0.2, 0) is 0 Å². The Balaban J connectivity index is 1.38. The van der Waals surface area contributed by atoms with Gasteiger partial charge in [0.05, 0.1) is 29.6 Å². The molecule has 0 aliphatic carbocycles. The molecule has 2 aromatic heterocycles. The maximum Gasteiger partial charge on any atom is 0.322 e. The number of anilines is 1. The van der Waals surface area contributed by atoms with Crippen LogP contribution < -0.4 is 10.1 Å². The van der Waals surface area contributed by atoms with Crippen molar-refractivity contribution in [2.24, 2.45) is 0 Å². The van der Waals surface area contributed by atoms with Crippen LogP contribution in [0.4, 0.5) is 10.5 Å². The summed E-state index contributed by atoms with van der Waals surface area (Å²) in [5.41, 5.74) is 2.00. The summed E-state index contributed by atoms with van der Waals surface area (Å²) in [6.45, 7) is 4.31. The third-order valence-electron chi connectivity index (χ3n) is 4.94. The Morgan fingerprint density at radius 2 is 1.76 bits per heavy atom. The SMILES string of the molecule is CCOc1ccccc1NC(=O)N1CCN(C(=O)c2cnn3ccccc23)CC1. The average molecular weight is 393 g/mol. The number of nitrogens with zero attached hydrogens (tertiary/aromatic N) is 4. The number of ether oxygens (including phenoxy) is 1. The number of amides is 3. The second-order valence-corrected chi connectivity index (χ2v) is 6.73. The number of piperazine rings is 1. The van der Waals surface area contributed by atoms with E-state index in [1.54, 1.807) is 20.5 Å². The van der Waals surface area contributed by atoms with E-state index in [4.69, 9.17) is 4.74 Å². The molecule has 0 bridgehead atoms. The van der Waals surface area contributed by atoms with Crippen LogP contribution in [0.25, 0.3) is 5.52 Å². The average Bonchev–Trinajstić information content (AvgIpc) is 3.19. The van der Waals surface area contributed by atoms with Crippen LogP contribution in [0.15, 0.2) is 54.9 Å². The van der Waals surface area contributed by atoms with Crippen molar-refractivity contribution in [3.8, 4) is 5.75 Å². The molecule has 3 amide bonds. The summed E-state index contributed by atoms with van der Waals surface area (Å²) in [5.74, 6) is 0.582. The maximum atomic E-state index is 12.9. The van der Waals surface area contributed by atoms with Gasteiger partial charge in [-0.2, -0.15) is 5.10 Å². The highest BCUT2D eigenvalue weighted by molar-refractivity contribution is 6.00. The summed E-state index contributed by atoms with van der Waals surface area (Å²) in [4.78, 5) is 29.0. The number of benzene rings is 1. The monoisotopic (exact) mass is 393 g/mol. The Labute approximate surface area is 168 Å². The van der Waals surface area contributed by atoms with E-state index in [2.05, 4.69) is 10.4 Å². The van der Waals surface area contributed by atoms with Gasteiger partial charge in [-0.1, -0.05) is 18.2 Å². The molecule has 1 aliphatic rings. The molecule has 0 radical (unpaired) electrons. The summed E-state index contributed by atoms with van der Waals surface area (Å²) < 4.78 is 7.24. The number of hydrogen-bond acceptors (Lipinski definition) is 4. The fourth-order valence-corrected chi connectivity index (χ4v) is 3.43. The molecule has 0 atom stereocenters. The first-order chi connectivity index (χ1) is 14.2. The largest absolute Gasteiger partial charge is 0.492 e. The minimum Gasteiger partial charge on any atom is -0.492 e. The van der Waals surface area contributed by atoms with Crippen LogP contribution in [0.5, 0.6) is 5.75 Å². The van der Waals surface area contributed by atoms with Crippen LogP contribution in [0, 0.1) is 0 Å². The van der Waals surface area contributed by atoms with Gasteiger partial charge < -0.3 is 19.9 Å². The maximum absolute atomic E-state index is 12.9. The predicted octanol–water partition coefficient (Wildman–Crippen LogP) is 2.72. The topological polar surface area (TPSA) is 79.2 Å². The molecule has 0 spiro atoms. The number of hydrogen-bond donors (Lipinski definition) is 1. The minimum atomic E-state index is -0.194. The van der Waals surface area contributed by atoms with Crippen molar-refractivity contribution in [2.75, 3.05) is 38.1 Å². The molecule has 0 saturated carbocycles. The quantitative estimate of drug-likeness (QED) is 0.739.